The summed E-state index contributed by atoms with van der Waals surface area (Å²) in [6.07, 6.45) is 4.87. The van der Waals surface area contributed by atoms with Crippen LogP contribution >= 0.6 is 15.9 Å². The molecule has 0 unspecified atom stereocenters. The molecule has 2 heterocycles. The Morgan fingerprint density at radius 2 is 2.20 bits per heavy atom. The Labute approximate surface area is 93.5 Å². The van der Waals surface area contributed by atoms with Crippen LogP contribution < -0.4 is 0 Å². The first-order valence-corrected chi connectivity index (χ1v) is 4.86. The molecule has 0 aliphatic rings. The fourth-order valence-corrected chi connectivity index (χ4v) is 1.38. The van der Waals surface area contributed by atoms with Gasteiger partial charge in [-0.15, -0.1) is 0 Å². The van der Waals surface area contributed by atoms with Crippen molar-refractivity contribution >= 4 is 21.9 Å². The van der Waals surface area contributed by atoms with Gasteiger partial charge in [0.05, 0.1) is 22.6 Å². The molecule has 0 spiro atoms. The van der Waals surface area contributed by atoms with E-state index in [-0.39, 0.29) is 5.69 Å². The second-order valence-electron chi connectivity index (χ2n) is 2.81. The van der Waals surface area contributed by atoms with Gasteiger partial charge in [0, 0.05) is 6.20 Å². The molecule has 2 rings (SSSR count). The summed E-state index contributed by atoms with van der Waals surface area (Å²) >= 11 is 3.27. The maximum Gasteiger partial charge on any atom is 0.354 e. The molecule has 2 aromatic heterocycles. The average molecular weight is 268 g/mol. The fraction of sp³-hybridized carbons (Fsp3) is 0. The summed E-state index contributed by atoms with van der Waals surface area (Å²) in [6, 6.07) is 3.09. The zero-order valence-corrected chi connectivity index (χ0v) is 9.05. The van der Waals surface area contributed by atoms with Crippen molar-refractivity contribution in [3.05, 3.63) is 40.9 Å². The highest BCUT2D eigenvalue weighted by molar-refractivity contribution is 9.10. The molecule has 0 aliphatic carbocycles. The minimum Gasteiger partial charge on any atom is -0.477 e. The first-order valence-electron chi connectivity index (χ1n) is 4.07. The van der Waals surface area contributed by atoms with Crippen LogP contribution in [0, 0.1) is 0 Å². The van der Waals surface area contributed by atoms with E-state index in [1.807, 2.05) is 0 Å². The Kier molecular flexibility index (Phi) is 2.51. The Balaban J connectivity index is 2.35. The van der Waals surface area contributed by atoms with Crippen LogP contribution in [0.25, 0.3) is 5.69 Å². The van der Waals surface area contributed by atoms with Crippen LogP contribution in [0.5, 0.6) is 0 Å². The van der Waals surface area contributed by atoms with Crippen molar-refractivity contribution in [1.82, 2.24) is 14.8 Å². The number of nitrogens with zero attached hydrogens (tertiary/aromatic N) is 3. The highest BCUT2D eigenvalue weighted by atomic mass is 79.9. The number of aromatic carboxylic acids is 1. The SMILES string of the molecule is O=C(O)c1ccc(-n2cc(Br)cn2)cn1. The standard InChI is InChI=1S/C9H6BrN3O2/c10-6-3-12-13(5-6)7-1-2-8(9(14)15)11-4-7/h1-5H,(H,14,15). The van der Waals surface area contributed by atoms with Gasteiger partial charge in [0.15, 0.2) is 0 Å². The molecule has 0 saturated heterocycles. The van der Waals surface area contributed by atoms with Crippen molar-refractivity contribution in [2.45, 2.75) is 0 Å². The van der Waals surface area contributed by atoms with Gasteiger partial charge < -0.3 is 5.11 Å². The summed E-state index contributed by atoms with van der Waals surface area (Å²) < 4.78 is 2.45. The van der Waals surface area contributed by atoms with Crippen molar-refractivity contribution in [2.75, 3.05) is 0 Å². The van der Waals surface area contributed by atoms with Gasteiger partial charge in [0.2, 0.25) is 0 Å². The molecule has 6 heteroatoms. The van der Waals surface area contributed by atoms with Gasteiger partial charge >= 0.3 is 5.97 Å². The summed E-state index contributed by atoms with van der Waals surface area (Å²) in [6.45, 7) is 0. The predicted octanol–water partition coefficient (Wildman–Crippen LogP) is 1.73. The monoisotopic (exact) mass is 267 g/mol. The molecule has 0 fully saturated rings. The highest BCUT2D eigenvalue weighted by Gasteiger charge is 2.04. The van der Waals surface area contributed by atoms with E-state index in [4.69, 9.17) is 5.11 Å². The quantitative estimate of drug-likeness (QED) is 0.900. The lowest BCUT2D eigenvalue weighted by atomic mass is 10.3. The third-order valence-corrected chi connectivity index (χ3v) is 2.19. The van der Waals surface area contributed by atoms with Crippen LogP contribution in [0.15, 0.2) is 35.2 Å². The van der Waals surface area contributed by atoms with Crippen LogP contribution in [0.1, 0.15) is 10.5 Å². The molecular formula is C9H6BrN3O2. The van der Waals surface area contributed by atoms with Gasteiger partial charge in [-0.1, -0.05) is 0 Å². The average Bonchev–Trinajstić information content (AvgIpc) is 2.65. The molecule has 15 heavy (non-hydrogen) atoms. The Morgan fingerprint density at radius 1 is 1.40 bits per heavy atom. The minimum absolute atomic E-state index is 0.0185. The maximum absolute atomic E-state index is 10.6. The second kappa shape index (κ2) is 3.82. The van der Waals surface area contributed by atoms with E-state index in [1.165, 1.54) is 12.3 Å². The number of hydrogen-bond donors (Lipinski definition) is 1. The lowest BCUT2D eigenvalue weighted by Gasteiger charge is -2.00. The van der Waals surface area contributed by atoms with Gasteiger partial charge in [-0.3, -0.25) is 0 Å². The largest absolute Gasteiger partial charge is 0.477 e. The molecule has 0 aliphatic heterocycles. The summed E-state index contributed by atoms with van der Waals surface area (Å²) in [4.78, 5) is 14.3. The summed E-state index contributed by atoms with van der Waals surface area (Å²) in [5, 5.41) is 12.7. The molecule has 5 nitrogen and oxygen atoms in total. The van der Waals surface area contributed by atoms with Crippen LogP contribution in [0.3, 0.4) is 0 Å². The molecule has 76 valence electrons. The summed E-state index contributed by atoms with van der Waals surface area (Å²) in [7, 11) is 0. The molecule has 0 aromatic carbocycles. The number of carboxylic acids is 1. The van der Waals surface area contributed by atoms with Gasteiger partial charge in [-0.25, -0.2) is 14.5 Å². The normalized spacial score (nSPS) is 10.2. The number of hydrogen-bond acceptors (Lipinski definition) is 3. The van der Waals surface area contributed by atoms with Crippen molar-refractivity contribution in [1.29, 1.82) is 0 Å². The molecule has 1 N–H and O–H groups in total. The lowest BCUT2D eigenvalue weighted by molar-refractivity contribution is 0.0690. The number of pyridine rings is 1. The number of halogens is 1. The van der Waals surface area contributed by atoms with E-state index < -0.39 is 5.97 Å². The highest BCUT2D eigenvalue weighted by Crippen LogP contribution is 2.11. The Hall–Kier alpha value is -1.69. The van der Waals surface area contributed by atoms with Crippen molar-refractivity contribution in [3.8, 4) is 5.69 Å². The van der Waals surface area contributed by atoms with Crippen LogP contribution in [0.4, 0.5) is 0 Å². The Bertz CT molecular complexity index is 492. The number of aromatic nitrogens is 3. The van der Waals surface area contributed by atoms with E-state index >= 15 is 0 Å². The predicted molar refractivity (Wildman–Crippen MR) is 56.0 cm³/mol. The lowest BCUT2D eigenvalue weighted by Crippen LogP contribution is -2.01. The summed E-state index contributed by atoms with van der Waals surface area (Å²) in [5.74, 6) is -1.04. The van der Waals surface area contributed by atoms with Crippen molar-refractivity contribution < 1.29 is 9.90 Å². The van der Waals surface area contributed by atoms with Crippen molar-refractivity contribution in [3.63, 3.8) is 0 Å². The first kappa shape index (κ1) is 9.85. The third kappa shape index (κ3) is 2.04. The van der Waals surface area contributed by atoms with Crippen molar-refractivity contribution in [2.24, 2.45) is 0 Å². The second-order valence-corrected chi connectivity index (χ2v) is 3.73. The minimum atomic E-state index is -1.04. The molecule has 0 amide bonds. The third-order valence-electron chi connectivity index (χ3n) is 1.78. The Morgan fingerprint density at radius 3 is 2.67 bits per heavy atom. The number of rotatable bonds is 2. The first-order chi connectivity index (χ1) is 7.16. The number of carboxylic acid groups (broad SMARTS) is 1. The molecule has 2 aromatic rings. The molecule has 0 atom stereocenters. The van der Waals surface area contributed by atoms with Crippen LogP contribution in [-0.2, 0) is 0 Å². The molecule has 0 saturated carbocycles. The van der Waals surface area contributed by atoms with E-state index in [0.29, 0.717) is 5.69 Å². The van der Waals surface area contributed by atoms with Crippen LogP contribution in [0.2, 0.25) is 0 Å². The van der Waals surface area contributed by atoms with E-state index in [9.17, 15) is 4.79 Å². The number of carbonyl (C=O) groups is 1. The smallest absolute Gasteiger partial charge is 0.354 e. The van der Waals surface area contributed by atoms with Crippen LogP contribution in [-0.4, -0.2) is 25.8 Å². The zero-order valence-electron chi connectivity index (χ0n) is 7.46. The topological polar surface area (TPSA) is 68.0 Å². The van der Waals surface area contributed by atoms with Gasteiger partial charge in [-0.2, -0.15) is 5.10 Å². The molecular weight excluding hydrogens is 262 g/mol. The van der Waals surface area contributed by atoms with E-state index in [0.717, 1.165) is 4.47 Å². The maximum atomic E-state index is 10.6. The summed E-state index contributed by atoms with van der Waals surface area (Å²) in [5.41, 5.74) is 0.732. The fourth-order valence-electron chi connectivity index (χ4n) is 1.09. The zero-order chi connectivity index (χ0) is 10.8. The molecule has 0 bridgehead atoms. The van der Waals surface area contributed by atoms with Gasteiger partial charge in [-0.05, 0) is 28.1 Å². The van der Waals surface area contributed by atoms with E-state index in [2.05, 4.69) is 26.0 Å². The van der Waals surface area contributed by atoms with E-state index in [1.54, 1.807) is 23.1 Å². The van der Waals surface area contributed by atoms with Gasteiger partial charge in [0.25, 0.3) is 0 Å². The van der Waals surface area contributed by atoms with Gasteiger partial charge in [0.1, 0.15) is 5.69 Å². The molecule has 0 radical (unpaired) electrons.